The van der Waals surface area contributed by atoms with Crippen LogP contribution >= 0.6 is 11.8 Å². The van der Waals surface area contributed by atoms with Gasteiger partial charge in [-0.05, 0) is 55.1 Å². The van der Waals surface area contributed by atoms with Crippen LogP contribution in [0.25, 0.3) is 0 Å². The maximum absolute atomic E-state index is 13.0. The number of amides is 1. The molecule has 3 rings (SSSR count). The van der Waals surface area contributed by atoms with Crippen LogP contribution in [0.3, 0.4) is 0 Å². The lowest BCUT2D eigenvalue weighted by molar-refractivity contribution is -0.132. The number of aliphatic hydroxyl groups excluding tert-OH is 1. The Hall–Kier alpha value is -1.07. The highest BCUT2D eigenvalue weighted by molar-refractivity contribution is 8.00. The second-order valence-corrected chi connectivity index (χ2v) is 7.47. The zero-order valence-corrected chi connectivity index (χ0v) is 13.4. The van der Waals surface area contributed by atoms with Gasteiger partial charge < -0.3 is 10.0 Å². The second kappa shape index (κ2) is 7.01. The van der Waals surface area contributed by atoms with E-state index in [2.05, 4.69) is 0 Å². The summed E-state index contributed by atoms with van der Waals surface area (Å²) >= 11 is 1.77. The van der Waals surface area contributed by atoms with Gasteiger partial charge in [-0.25, -0.2) is 4.39 Å². The number of hydrogen-bond acceptors (Lipinski definition) is 3. The zero-order valence-electron chi connectivity index (χ0n) is 12.6. The number of nitrogens with zero attached hydrogens (tertiary/aromatic N) is 1. The molecule has 0 spiro atoms. The van der Waals surface area contributed by atoms with E-state index in [1.807, 2.05) is 4.90 Å². The molecular weight excluding hydrogens is 301 g/mol. The second-order valence-electron chi connectivity index (χ2n) is 6.16. The molecule has 2 heterocycles. The van der Waals surface area contributed by atoms with Gasteiger partial charge in [-0.2, -0.15) is 0 Å². The van der Waals surface area contributed by atoms with Crippen LogP contribution in [0.1, 0.15) is 37.4 Å². The van der Waals surface area contributed by atoms with Crippen LogP contribution in [0, 0.1) is 11.7 Å². The Bertz CT molecular complexity index is 508. The van der Waals surface area contributed by atoms with Gasteiger partial charge in [-0.3, -0.25) is 4.79 Å². The summed E-state index contributed by atoms with van der Waals surface area (Å²) in [5.41, 5.74) is 0.762. The van der Waals surface area contributed by atoms with E-state index in [9.17, 15) is 14.3 Å². The smallest absolute Gasteiger partial charge is 0.235 e. The Morgan fingerprint density at radius 3 is 2.50 bits per heavy atom. The van der Waals surface area contributed by atoms with Crippen LogP contribution in [-0.2, 0) is 4.79 Å². The summed E-state index contributed by atoms with van der Waals surface area (Å²) in [5, 5.41) is 10.6. The molecule has 0 bridgehead atoms. The molecule has 1 N–H and O–H groups in total. The van der Waals surface area contributed by atoms with Crippen molar-refractivity contribution in [1.82, 2.24) is 4.90 Å². The highest BCUT2D eigenvalue weighted by Crippen LogP contribution is 2.33. The molecule has 1 aromatic carbocycles. The zero-order chi connectivity index (χ0) is 15.5. The highest BCUT2D eigenvalue weighted by atomic mass is 32.2. The third kappa shape index (κ3) is 3.46. The van der Waals surface area contributed by atoms with Gasteiger partial charge >= 0.3 is 0 Å². The van der Waals surface area contributed by atoms with Crippen LogP contribution in [0.2, 0.25) is 0 Å². The molecule has 2 atom stereocenters. The third-order valence-corrected chi connectivity index (χ3v) is 6.08. The molecule has 2 fully saturated rings. The molecular formula is C17H22FNO2S. The topological polar surface area (TPSA) is 40.5 Å². The molecule has 0 aliphatic carbocycles. The molecule has 1 amide bonds. The van der Waals surface area contributed by atoms with E-state index >= 15 is 0 Å². The van der Waals surface area contributed by atoms with E-state index in [1.165, 1.54) is 12.1 Å². The standard InChI is InChI=1S/C17H22FNO2S/c18-14-5-3-12(4-6-14)16(20)13-7-9-19(10-8-13)17(21)15-2-1-11-22-15/h3-6,13,15-16,20H,1-2,7-11H2. The molecule has 0 saturated carbocycles. The minimum Gasteiger partial charge on any atom is -0.388 e. The fourth-order valence-corrected chi connectivity index (χ4v) is 4.59. The number of carbonyl (C=O) groups excluding carboxylic acids is 1. The number of rotatable bonds is 3. The normalized spacial score (nSPS) is 24.5. The molecule has 1 aromatic rings. The third-order valence-electron chi connectivity index (χ3n) is 4.71. The lowest BCUT2D eigenvalue weighted by atomic mass is 9.87. The Labute approximate surface area is 134 Å². The highest BCUT2D eigenvalue weighted by Gasteiger charge is 2.32. The summed E-state index contributed by atoms with van der Waals surface area (Å²) in [6.45, 7) is 1.44. The van der Waals surface area contributed by atoms with Crippen LogP contribution in [0.15, 0.2) is 24.3 Å². The van der Waals surface area contributed by atoms with Crippen molar-refractivity contribution in [2.45, 2.75) is 37.0 Å². The fraction of sp³-hybridized carbons (Fsp3) is 0.588. The summed E-state index contributed by atoms with van der Waals surface area (Å²) in [5.74, 6) is 1.23. The Morgan fingerprint density at radius 2 is 1.91 bits per heavy atom. The number of benzene rings is 1. The maximum Gasteiger partial charge on any atom is 0.235 e. The number of thioether (sulfide) groups is 1. The predicted molar refractivity (Wildman–Crippen MR) is 86.1 cm³/mol. The molecule has 2 aliphatic rings. The van der Waals surface area contributed by atoms with Gasteiger partial charge in [-0.15, -0.1) is 11.8 Å². The van der Waals surface area contributed by atoms with E-state index in [0.29, 0.717) is 0 Å². The van der Waals surface area contributed by atoms with Crippen molar-refractivity contribution in [3.63, 3.8) is 0 Å². The van der Waals surface area contributed by atoms with E-state index in [0.717, 1.165) is 50.1 Å². The summed E-state index contributed by atoms with van der Waals surface area (Å²) in [4.78, 5) is 14.3. The van der Waals surface area contributed by atoms with Crippen molar-refractivity contribution in [3.05, 3.63) is 35.6 Å². The number of hydrogen-bond donors (Lipinski definition) is 1. The predicted octanol–water partition coefficient (Wildman–Crippen LogP) is 2.99. The monoisotopic (exact) mass is 323 g/mol. The molecule has 5 heteroatoms. The van der Waals surface area contributed by atoms with Crippen molar-refractivity contribution >= 4 is 17.7 Å². The van der Waals surface area contributed by atoms with E-state index < -0.39 is 6.10 Å². The SMILES string of the molecule is O=C(C1CCCS1)N1CCC(C(O)c2ccc(F)cc2)CC1. The Morgan fingerprint density at radius 1 is 1.23 bits per heavy atom. The maximum atomic E-state index is 13.0. The van der Waals surface area contributed by atoms with E-state index in [-0.39, 0.29) is 22.9 Å². The molecule has 120 valence electrons. The van der Waals surface area contributed by atoms with Crippen molar-refractivity contribution < 1.29 is 14.3 Å². The van der Waals surface area contributed by atoms with Gasteiger partial charge in [0, 0.05) is 13.1 Å². The summed E-state index contributed by atoms with van der Waals surface area (Å²) in [6, 6.07) is 6.06. The van der Waals surface area contributed by atoms with E-state index in [4.69, 9.17) is 0 Å². The van der Waals surface area contributed by atoms with Crippen molar-refractivity contribution in [1.29, 1.82) is 0 Å². The molecule has 3 nitrogen and oxygen atoms in total. The lowest BCUT2D eigenvalue weighted by Gasteiger charge is -2.35. The first kappa shape index (κ1) is 15.8. The first-order valence-corrected chi connectivity index (χ1v) is 9.04. The fourth-order valence-electron chi connectivity index (χ4n) is 3.34. The van der Waals surface area contributed by atoms with Crippen LogP contribution in [-0.4, -0.2) is 40.0 Å². The quantitative estimate of drug-likeness (QED) is 0.929. The molecule has 2 saturated heterocycles. The van der Waals surface area contributed by atoms with Crippen LogP contribution in [0.4, 0.5) is 4.39 Å². The average Bonchev–Trinajstić information content (AvgIpc) is 3.09. The lowest BCUT2D eigenvalue weighted by Crippen LogP contribution is -2.43. The average molecular weight is 323 g/mol. The number of piperidine rings is 1. The van der Waals surface area contributed by atoms with Crippen molar-refractivity contribution in [2.75, 3.05) is 18.8 Å². The molecule has 2 aliphatic heterocycles. The molecule has 2 unspecified atom stereocenters. The van der Waals surface area contributed by atoms with Crippen LogP contribution in [0.5, 0.6) is 0 Å². The number of likely N-dealkylation sites (tertiary alicyclic amines) is 1. The summed E-state index contributed by atoms with van der Waals surface area (Å²) in [7, 11) is 0. The first-order chi connectivity index (χ1) is 10.6. The summed E-state index contributed by atoms with van der Waals surface area (Å²) in [6.07, 6.45) is 3.19. The van der Waals surface area contributed by atoms with Gasteiger partial charge in [0.2, 0.25) is 5.91 Å². The van der Waals surface area contributed by atoms with Crippen molar-refractivity contribution in [3.8, 4) is 0 Å². The Balaban J connectivity index is 1.54. The Kier molecular flexibility index (Phi) is 5.03. The number of aliphatic hydroxyl groups is 1. The molecule has 0 aromatic heterocycles. The van der Waals surface area contributed by atoms with Crippen molar-refractivity contribution in [2.24, 2.45) is 5.92 Å². The van der Waals surface area contributed by atoms with Gasteiger partial charge in [0.05, 0.1) is 11.4 Å². The number of halogens is 1. The minimum absolute atomic E-state index is 0.144. The van der Waals surface area contributed by atoms with Gasteiger partial charge in [0.15, 0.2) is 0 Å². The number of carbonyl (C=O) groups is 1. The largest absolute Gasteiger partial charge is 0.388 e. The van der Waals surface area contributed by atoms with Gasteiger partial charge in [0.1, 0.15) is 5.82 Å². The molecule has 0 radical (unpaired) electrons. The summed E-state index contributed by atoms with van der Waals surface area (Å²) < 4.78 is 13.0. The van der Waals surface area contributed by atoms with Gasteiger partial charge in [0.25, 0.3) is 0 Å². The van der Waals surface area contributed by atoms with E-state index in [1.54, 1.807) is 23.9 Å². The van der Waals surface area contributed by atoms with Gasteiger partial charge in [-0.1, -0.05) is 12.1 Å². The first-order valence-electron chi connectivity index (χ1n) is 7.99. The van der Waals surface area contributed by atoms with Crippen LogP contribution < -0.4 is 0 Å². The minimum atomic E-state index is -0.571. The molecule has 22 heavy (non-hydrogen) atoms.